The van der Waals surface area contributed by atoms with E-state index in [1.807, 2.05) is 39.8 Å². The summed E-state index contributed by atoms with van der Waals surface area (Å²) in [5.41, 5.74) is 8.90. The zero-order valence-electron chi connectivity index (χ0n) is 21.0. The highest BCUT2D eigenvalue weighted by Gasteiger charge is 2.25. The van der Waals surface area contributed by atoms with Crippen LogP contribution in [0, 0.1) is 12.7 Å². The quantitative estimate of drug-likeness (QED) is 0.437. The highest BCUT2D eigenvalue weighted by atomic mass is 19.1. The van der Waals surface area contributed by atoms with E-state index in [2.05, 4.69) is 5.32 Å². The average Bonchev–Trinajstić information content (AvgIpc) is 3.24. The van der Waals surface area contributed by atoms with Crippen molar-refractivity contribution in [2.75, 3.05) is 32.7 Å². The first kappa shape index (κ1) is 26.1. The number of urea groups is 1. The molecule has 2 aromatic carbocycles. The van der Waals surface area contributed by atoms with Crippen molar-refractivity contribution in [1.82, 2.24) is 19.7 Å². The van der Waals surface area contributed by atoms with Crippen LogP contribution >= 0.6 is 0 Å². The number of benzene rings is 2. The molecule has 8 nitrogen and oxygen atoms in total. The number of primary amides is 1. The van der Waals surface area contributed by atoms with Gasteiger partial charge in [0.25, 0.3) is 5.91 Å². The van der Waals surface area contributed by atoms with Gasteiger partial charge in [-0.15, -0.1) is 0 Å². The van der Waals surface area contributed by atoms with Crippen LogP contribution in [-0.2, 0) is 19.5 Å². The first-order valence-corrected chi connectivity index (χ1v) is 12.4. The number of ketones is 1. The van der Waals surface area contributed by atoms with E-state index in [0.29, 0.717) is 62.6 Å². The lowest BCUT2D eigenvalue weighted by Gasteiger charge is -2.34. The summed E-state index contributed by atoms with van der Waals surface area (Å²) in [7, 11) is 0. The molecule has 3 N–H and O–H groups in total. The molecule has 1 fully saturated rings. The molecule has 9 heteroatoms. The standard InChI is InChI=1S/C28H32FN5O3/c1-20-24(27(30)36)17-25(34(20)12-11-21-7-9-23(29)10-8-21)26(35)19-32-13-15-33(16-14-32)28(37)31-18-22-5-3-2-4-6-22/h2-10,17H,11-16,18-19H2,1H3,(H2,30,36)(H,31,37). The third kappa shape index (κ3) is 6.62. The minimum atomic E-state index is -0.581. The molecule has 0 atom stereocenters. The minimum absolute atomic E-state index is 0.114. The summed E-state index contributed by atoms with van der Waals surface area (Å²) in [5.74, 6) is -1.000. The molecule has 0 aliphatic carbocycles. The molecule has 194 valence electrons. The zero-order chi connectivity index (χ0) is 26.4. The van der Waals surface area contributed by atoms with Crippen LogP contribution in [0.25, 0.3) is 0 Å². The third-order valence-electron chi connectivity index (χ3n) is 6.77. The third-order valence-corrected chi connectivity index (χ3v) is 6.77. The zero-order valence-corrected chi connectivity index (χ0v) is 21.0. The van der Waals surface area contributed by atoms with Gasteiger partial charge in [0.2, 0.25) is 0 Å². The number of halogens is 1. The van der Waals surface area contributed by atoms with Gasteiger partial charge in [0.05, 0.1) is 17.8 Å². The fourth-order valence-corrected chi connectivity index (χ4v) is 4.58. The van der Waals surface area contributed by atoms with Crippen LogP contribution in [0.5, 0.6) is 0 Å². The molecule has 0 spiro atoms. The fraction of sp³-hybridized carbons (Fsp3) is 0.321. The van der Waals surface area contributed by atoms with E-state index in [0.717, 1.165) is 11.1 Å². The number of carbonyl (C=O) groups excluding carboxylic acids is 3. The molecule has 1 saturated heterocycles. The van der Waals surface area contributed by atoms with Crippen LogP contribution in [0.4, 0.5) is 9.18 Å². The van der Waals surface area contributed by atoms with Gasteiger partial charge in [-0.25, -0.2) is 9.18 Å². The summed E-state index contributed by atoms with van der Waals surface area (Å²) in [6.07, 6.45) is 0.574. The Morgan fingerprint density at radius 3 is 2.27 bits per heavy atom. The highest BCUT2D eigenvalue weighted by molar-refractivity contribution is 6.01. The average molecular weight is 506 g/mol. The summed E-state index contributed by atoms with van der Waals surface area (Å²) in [6.45, 7) is 5.06. The Hall–Kier alpha value is -3.98. The monoisotopic (exact) mass is 505 g/mol. The summed E-state index contributed by atoms with van der Waals surface area (Å²) in [4.78, 5) is 41.6. The lowest BCUT2D eigenvalue weighted by molar-refractivity contribution is 0.0868. The molecule has 4 rings (SSSR count). The van der Waals surface area contributed by atoms with Crippen molar-refractivity contribution in [2.45, 2.75) is 26.4 Å². The molecule has 0 bridgehead atoms. The largest absolute Gasteiger partial charge is 0.366 e. The number of aryl methyl sites for hydroxylation is 1. The van der Waals surface area contributed by atoms with Gasteiger partial charge in [0.1, 0.15) is 5.82 Å². The van der Waals surface area contributed by atoms with E-state index in [1.165, 1.54) is 12.1 Å². The number of piperazine rings is 1. The first-order valence-electron chi connectivity index (χ1n) is 12.4. The number of hydrogen-bond donors (Lipinski definition) is 2. The Labute approximate surface area is 215 Å². The maximum absolute atomic E-state index is 13.3. The molecular formula is C28H32FN5O3. The molecule has 37 heavy (non-hydrogen) atoms. The fourth-order valence-electron chi connectivity index (χ4n) is 4.58. The van der Waals surface area contributed by atoms with Crippen molar-refractivity contribution in [1.29, 1.82) is 0 Å². The molecule has 0 saturated carbocycles. The van der Waals surface area contributed by atoms with Crippen LogP contribution in [0.3, 0.4) is 0 Å². The number of nitrogens with zero attached hydrogens (tertiary/aromatic N) is 3. The van der Waals surface area contributed by atoms with Crippen LogP contribution in [0.2, 0.25) is 0 Å². The summed E-state index contributed by atoms with van der Waals surface area (Å²) >= 11 is 0. The lowest BCUT2D eigenvalue weighted by Crippen LogP contribution is -2.52. The van der Waals surface area contributed by atoms with Crippen molar-refractivity contribution in [3.05, 3.63) is 94.6 Å². The number of carbonyl (C=O) groups is 3. The van der Waals surface area contributed by atoms with Gasteiger partial charge in [-0.05, 0) is 42.7 Å². The minimum Gasteiger partial charge on any atom is -0.366 e. The smallest absolute Gasteiger partial charge is 0.317 e. The highest BCUT2D eigenvalue weighted by Crippen LogP contribution is 2.18. The summed E-state index contributed by atoms with van der Waals surface area (Å²) in [5, 5.41) is 2.94. The van der Waals surface area contributed by atoms with Gasteiger partial charge in [0.15, 0.2) is 5.78 Å². The van der Waals surface area contributed by atoms with Crippen molar-refractivity contribution in [3.63, 3.8) is 0 Å². The molecule has 1 aliphatic rings. The van der Waals surface area contributed by atoms with Crippen molar-refractivity contribution in [3.8, 4) is 0 Å². The van der Waals surface area contributed by atoms with E-state index in [4.69, 9.17) is 5.73 Å². The van der Waals surface area contributed by atoms with E-state index in [9.17, 15) is 18.8 Å². The van der Waals surface area contributed by atoms with Crippen LogP contribution < -0.4 is 11.1 Å². The lowest BCUT2D eigenvalue weighted by atomic mass is 10.1. The molecular weight excluding hydrogens is 473 g/mol. The maximum atomic E-state index is 13.3. The van der Waals surface area contributed by atoms with Gasteiger partial charge in [-0.3, -0.25) is 14.5 Å². The van der Waals surface area contributed by atoms with Crippen molar-refractivity contribution in [2.24, 2.45) is 5.73 Å². The Bertz CT molecular complexity index is 1250. The number of amides is 3. The second kappa shape index (κ2) is 11.8. The number of hydrogen-bond acceptors (Lipinski definition) is 4. The van der Waals surface area contributed by atoms with Crippen LogP contribution in [0.15, 0.2) is 60.7 Å². The topological polar surface area (TPSA) is 101 Å². The second-order valence-electron chi connectivity index (χ2n) is 9.25. The number of nitrogens with two attached hydrogens (primary N) is 1. The van der Waals surface area contributed by atoms with Crippen molar-refractivity contribution < 1.29 is 18.8 Å². The molecule has 0 radical (unpaired) electrons. The van der Waals surface area contributed by atoms with E-state index in [1.54, 1.807) is 30.0 Å². The van der Waals surface area contributed by atoms with E-state index >= 15 is 0 Å². The molecule has 3 amide bonds. The molecule has 1 aromatic heterocycles. The van der Waals surface area contributed by atoms with Crippen LogP contribution in [0.1, 0.15) is 37.7 Å². The molecule has 2 heterocycles. The van der Waals surface area contributed by atoms with Crippen molar-refractivity contribution >= 4 is 17.7 Å². The van der Waals surface area contributed by atoms with Gasteiger partial charge in [0, 0.05) is 45.0 Å². The number of rotatable bonds is 9. The predicted octanol–water partition coefficient (Wildman–Crippen LogP) is 2.99. The SMILES string of the molecule is Cc1c(C(N)=O)cc(C(=O)CN2CCN(C(=O)NCc3ccccc3)CC2)n1CCc1ccc(F)cc1. The Morgan fingerprint density at radius 1 is 0.946 bits per heavy atom. The molecule has 3 aromatic rings. The number of nitrogens with one attached hydrogen (secondary N) is 1. The molecule has 0 unspecified atom stereocenters. The van der Waals surface area contributed by atoms with E-state index < -0.39 is 5.91 Å². The first-order chi connectivity index (χ1) is 17.8. The predicted molar refractivity (Wildman–Crippen MR) is 139 cm³/mol. The molecule has 1 aliphatic heterocycles. The second-order valence-corrected chi connectivity index (χ2v) is 9.25. The van der Waals surface area contributed by atoms with Gasteiger partial charge in [-0.2, -0.15) is 0 Å². The van der Waals surface area contributed by atoms with Gasteiger partial charge < -0.3 is 20.5 Å². The number of aromatic nitrogens is 1. The maximum Gasteiger partial charge on any atom is 0.317 e. The Balaban J connectivity index is 1.35. The summed E-state index contributed by atoms with van der Waals surface area (Å²) in [6, 6.07) is 17.4. The van der Waals surface area contributed by atoms with Crippen LogP contribution in [-0.4, -0.2) is 64.8 Å². The Morgan fingerprint density at radius 2 is 1.62 bits per heavy atom. The van der Waals surface area contributed by atoms with E-state index in [-0.39, 0.29) is 24.2 Å². The van der Waals surface area contributed by atoms with Gasteiger partial charge >= 0.3 is 6.03 Å². The normalized spacial score (nSPS) is 13.9. The summed E-state index contributed by atoms with van der Waals surface area (Å²) < 4.78 is 15.1. The van der Waals surface area contributed by atoms with Gasteiger partial charge in [-0.1, -0.05) is 42.5 Å². The number of Topliss-reactive ketones (excluding diaryl/α,β-unsaturated/α-hetero) is 1. The Kier molecular flexibility index (Phi) is 8.35.